The molecule has 0 amide bonds. The predicted octanol–water partition coefficient (Wildman–Crippen LogP) is 2.39. The average molecular weight is 359 g/mol. The van der Waals surface area contributed by atoms with Crippen molar-refractivity contribution in [3.8, 4) is 11.5 Å². The Hall–Kier alpha value is -2.05. The first kappa shape index (κ1) is 16.4. The lowest BCUT2D eigenvalue weighted by Crippen LogP contribution is -2.38. The van der Waals surface area contributed by atoms with E-state index in [0.29, 0.717) is 44.9 Å². The summed E-state index contributed by atoms with van der Waals surface area (Å²) in [6.45, 7) is 2.02. The zero-order valence-electron chi connectivity index (χ0n) is 14.0. The van der Waals surface area contributed by atoms with Crippen molar-refractivity contribution >= 4 is 10.0 Å². The first-order valence-electron chi connectivity index (χ1n) is 8.55. The number of hydrogen-bond acceptors (Lipinski definition) is 4. The molecular formula is C19H21NO4S. The van der Waals surface area contributed by atoms with E-state index in [1.54, 1.807) is 4.31 Å². The average Bonchev–Trinajstić information content (AvgIpc) is 2.65. The molecule has 0 radical (unpaired) electrons. The molecule has 5 nitrogen and oxygen atoms in total. The maximum Gasteiger partial charge on any atom is 0.214 e. The largest absolute Gasteiger partial charge is 0.486 e. The Balaban J connectivity index is 1.49. The van der Waals surface area contributed by atoms with Gasteiger partial charge in [-0.2, -0.15) is 4.31 Å². The Labute approximate surface area is 148 Å². The van der Waals surface area contributed by atoms with Gasteiger partial charge in [0.2, 0.25) is 10.0 Å². The smallest absolute Gasteiger partial charge is 0.214 e. The van der Waals surface area contributed by atoms with Gasteiger partial charge in [0.1, 0.15) is 13.2 Å². The van der Waals surface area contributed by atoms with Gasteiger partial charge in [0.15, 0.2) is 11.5 Å². The third-order valence-electron chi connectivity index (χ3n) is 4.73. The van der Waals surface area contributed by atoms with E-state index in [1.807, 2.05) is 42.5 Å². The second-order valence-electron chi connectivity index (χ2n) is 6.40. The Kier molecular flexibility index (Phi) is 4.39. The number of fused-ring (bicyclic) bond motifs is 2. The molecule has 2 aromatic rings. The van der Waals surface area contributed by atoms with Gasteiger partial charge in [-0.1, -0.05) is 30.3 Å². The summed E-state index contributed by atoms with van der Waals surface area (Å²) in [5, 5.41) is 0. The lowest BCUT2D eigenvalue weighted by Gasteiger charge is -2.30. The maximum atomic E-state index is 12.7. The number of ether oxygens (including phenoxy) is 2. The number of sulfonamides is 1. The van der Waals surface area contributed by atoms with Crippen LogP contribution in [0.1, 0.15) is 16.7 Å². The third kappa shape index (κ3) is 3.50. The fourth-order valence-corrected chi connectivity index (χ4v) is 4.78. The summed E-state index contributed by atoms with van der Waals surface area (Å²) < 4.78 is 38.3. The molecule has 0 aromatic heterocycles. The molecule has 0 N–H and O–H groups in total. The lowest BCUT2D eigenvalue weighted by atomic mass is 10.00. The van der Waals surface area contributed by atoms with Gasteiger partial charge in [-0.15, -0.1) is 0 Å². The molecular weight excluding hydrogens is 338 g/mol. The van der Waals surface area contributed by atoms with E-state index >= 15 is 0 Å². The molecule has 0 aliphatic carbocycles. The summed E-state index contributed by atoms with van der Waals surface area (Å²) in [6.07, 6.45) is 1.24. The van der Waals surface area contributed by atoms with E-state index < -0.39 is 10.0 Å². The Bertz CT molecular complexity index is 864. The number of benzene rings is 2. The fourth-order valence-electron chi connectivity index (χ4n) is 3.33. The van der Waals surface area contributed by atoms with Gasteiger partial charge in [0.05, 0.1) is 5.75 Å². The predicted molar refractivity (Wildman–Crippen MR) is 95.5 cm³/mol. The zero-order chi connectivity index (χ0) is 17.3. The highest BCUT2D eigenvalue weighted by Gasteiger charge is 2.28. The summed E-state index contributed by atoms with van der Waals surface area (Å²) in [6, 6.07) is 13.7. The van der Waals surface area contributed by atoms with Crippen LogP contribution >= 0.6 is 0 Å². The van der Waals surface area contributed by atoms with E-state index in [9.17, 15) is 8.42 Å². The first-order valence-corrected chi connectivity index (χ1v) is 10.2. The van der Waals surface area contributed by atoms with Crippen LogP contribution in [-0.2, 0) is 29.4 Å². The molecule has 2 heterocycles. The van der Waals surface area contributed by atoms with Crippen LogP contribution in [0.15, 0.2) is 42.5 Å². The third-order valence-corrected chi connectivity index (χ3v) is 6.55. The fraction of sp³-hybridized carbons (Fsp3) is 0.368. The quantitative estimate of drug-likeness (QED) is 0.841. The highest BCUT2D eigenvalue weighted by molar-refractivity contribution is 7.89. The van der Waals surface area contributed by atoms with E-state index in [1.165, 1.54) is 0 Å². The molecule has 6 heteroatoms. The van der Waals surface area contributed by atoms with E-state index in [0.717, 1.165) is 22.4 Å². The minimum absolute atomic E-state index is 0.136. The van der Waals surface area contributed by atoms with Gasteiger partial charge < -0.3 is 9.47 Å². The minimum Gasteiger partial charge on any atom is -0.486 e. The van der Waals surface area contributed by atoms with Gasteiger partial charge in [-0.05, 0) is 41.7 Å². The van der Waals surface area contributed by atoms with Crippen LogP contribution in [0.2, 0.25) is 0 Å². The highest BCUT2D eigenvalue weighted by atomic mass is 32.2. The van der Waals surface area contributed by atoms with Gasteiger partial charge in [0, 0.05) is 13.1 Å². The summed E-state index contributed by atoms with van der Waals surface area (Å²) in [5.41, 5.74) is 3.21. The first-order chi connectivity index (χ1) is 12.1. The van der Waals surface area contributed by atoms with Crippen LogP contribution in [0.5, 0.6) is 11.5 Å². The molecule has 2 aromatic carbocycles. The van der Waals surface area contributed by atoms with Crippen molar-refractivity contribution < 1.29 is 17.9 Å². The molecule has 0 spiro atoms. The Morgan fingerprint density at radius 3 is 2.36 bits per heavy atom. The molecule has 2 aliphatic rings. The SMILES string of the molecule is O=S(=O)(CCc1ccccc1)N1CCc2cc3c(cc2C1)OCCO3. The maximum absolute atomic E-state index is 12.7. The number of nitrogens with zero attached hydrogens (tertiary/aromatic N) is 1. The Morgan fingerprint density at radius 1 is 0.960 bits per heavy atom. The Morgan fingerprint density at radius 2 is 1.64 bits per heavy atom. The van der Waals surface area contributed by atoms with Crippen LogP contribution in [0.3, 0.4) is 0 Å². The summed E-state index contributed by atoms with van der Waals surface area (Å²) >= 11 is 0. The van der Waals surface area contributed by atoms with Crippen molar-refractivity contribution in [1.29, 1.82) is 0 Å². The monoisotopic (exact) mass is 359 g/mol. The van der Waals surface area contributed by atoms with E-state index in [-0.39, 0.29) is 5.75 Å². The molecule has 2 aliphatic heterocycles. The summed E-state index contributed by atoms with van der Waals surface area (Å²) in [7, 11) is -3.28. The molecule has 0 saturated heterocycles. The molecule has 0 unspecified atom stereocenters. The van der Waals surface area contributed by atoms with Crippen LogP contribution in [0.25, 0.3) is 0 Å². The van der Waals surface area contributed by atoms with Crippen LogP contribution < -0.4 is 9.47 Å². The van der Waals surface area contributed by atoms with Crippen LogP contribution in [-0.4, -0.2) is 38.2 Å². The van der Waals surface area contributed by atoms with Crippen molar-refractivity contribution in [1.82, 2.24) is 4.31 Å². The minimum atomic E-state index is -3.28. The van der Waals surface area contributed by atoms with Crippen molar-refractivity contribution in [2.24, 2.45) is 0 Å². The van der Waals surface area contributed by atoms with Gasteiger partial charge in [0.25, 0.3) is 0 Å². The van der Waals surface area contributed by atoms with Crippen LogP contribution in [0, 0.1) is 0 Å². The zero-order valence-corrected chi connectivity index (χ0v) is 14.8. The number of rotatable bonds is 4. The molecule has 0 fully saturated rings. The van der Waals surface area contributed by atoms with Crippen molar-refractivity contribution in [2.45, 2.75) is 19.4 Å². The normalized spacial score (nSPS) is 17.1. The van der Waals surface area contributed by atoms with Gasteiger partial charge >= 0.3 is 0 Å². The second kappa shape index (κ2) is 6.69. The molecule has 0 saturated carbocycles. The van der Waals surface area contributed by atoms with Gasteiger partial charge in [-0.25, -0.2) is 8.42 Å². The summed E-state index contributed by atoms with van der Waals surface area (Å²) in [5.74, 6) is 1.62. The molecule has 0 bridgehead atoms. The second-order valence-corrected chi connectivity index (χ2v) is 8.49. The highest BCUT2D eigenvalue weighted by Crippen LogP contribution is 2.35. The molecule has 0 atom stereocenters. The van der Waals surface area contributed by atoms with E-state index in [2.05, 4.69) is 0 Å². The standard InChI is InChI=1S/C19H21NO4S/c21-25(22,11-7-15-4-2-1-3-5-15)20-8-6-16-12-18-19(13-17(16)14-20)24-10-9-23-18/h1-5,12-13H,6-11,14H2. The van der Waals surface area contributed by atoms with Crippen molar-refractivity contribution in [2.75, 3.05) is 25.5 Å². The number of aryl methyl sites for hydroxylation is 1. The summed E-state index contributed by atoms with van der Waals surface area (Å²) in [4.78, 5) is 0. The van der Waals surface area contributed by atoms with Crippen molar-refractivity contribution in [3.05, 3.63) is 59.2 Å². The number of hydrogen-bond donors (Lipinski definition) is 0. The topological polar surface area (TPSA) is 55.8 Å². The molecule has 4 rings (SSSR count). The van der Waals surface area contributed by atoms with Crippen molar-refractivity contribution in [3.63, 3.8) is 0 Å². The molecule has 25 heavy (non-hydrogen) atoms. The molecule has 132 valence electrons. The van der Waals surface area contributed by atoms with E-state index in [4.69, 9.17) is 9.47 Å². The lowest BCUT2D eigenvalue weighted by molar-refractivity contribution is 0.171. The van der Waals surface area contributed by atoms with Crippen LogP contribution in [0.4, 0.5) is 0 Å². The van der Waals surface area contributed by atoms with Gasteiger partial charge in [-0.3, -0.25) is 0 Å².